The van der Waals surface area contributed by atoms with Crippen molar-refractivity contribution in [1.82, 2.24) is 10.9 Å². The van der Waals surface area contributed by atoms with Gasteiger partial charge in [-0.25, -0.2) is 0 Å². The molecule has 2 aromatic rings. The molecule has 2 amide bonds. The molecule has 0 fully saturated rings. The van der Waals surface area contributed by atoms with E-state index < -0.39 is 11.8 Å². The number of ether oxygens (including phenoxy) is 1. The van der Waals surface area contributed by atoms with Crippen molar-refractivity contribution in [3.05, 3.63) is 57.5 Å². The van der Waals surface area contributed by atoms with E-state index in [4.69, 9.17) is 16.3 Å². The van der Waals surface area contributed by atoms with E-state index >= 15 is 0 Å². The molecule has 0 aliphatic carbocycles. The van der Waals surface area contributed by atoms with Gasteiger partial charge in [-0.3, -0.25) is 20.4 Å². The number of benzene rings is 2. The number of rotatable bonds is 4. The van der Waals surface area contributed by atoms with Crippen LogP contribution < -0.4 is 15.6 Å². The first kappa shape index (κ1) is 17.1. The quantitative estimate of drug-likeness (QED) is 0.690. The van der Waals surface area contributed by atoms with Crippen LogP contribution in [-0.2, 0) is 4.79 Å². The molecule has 0 heterocycles. The molecule has 0 saturated carbocycles. The molecule has 0 aliphatic heterocycles. The Labute approximate surface area is 145 Å². The minimum atomic E-state index is -0.567. The lowest BCUT2D eigenvalue weighted by Crippen LogP contribution is -2.43. The van der Waals surface area contributed by atoms with Crippen molar-refractivity contribution in [2.45, 2.75) is 0 Å². The monoisotopic (exact) mass is 398 g/mol. The normalized spacial score (nSPS) is 10.0. The van der Waals surface area contributed by atoms with Crippen molar-refractivity contribution in [3.8, 4) is 11.5 Å². The van der Waals surface area contributed by atoms with E-state index in [9.17, 15) is 14.7 Å². The molecule has 0 saturated heterocycles. The fraction of sp³-hybridized carbons (Fsp3) is 0.0667. The lowest BCUT2D eigenvalue weighted by atomic mass is 10.2. The van der Waals surface area contributed by atoms with Gasteiger partial charge in [-0.05, 0) is 36.4 Å². The van der Waals surface area contributed by atoms with Gasteiger partial charge in [-0.1, -0.05) is 33.6 Å². The number of halogens is 2. The molecule has 0 unspecified atom stereocenters. The molecule has 0 spiro atoms. The first-order valence-electron chi connectivity index (χ1n) is 6.42. The number of nitrogens with one attached hydrogen (secondary N) is 2. The highest BCUT2D eigenvalue weighted by Gasteiger charge is 2.10. The molecule has 0 bridgehead atoms. The third-order valence-corrected chi connectivity index (χ3v) is 3.49. The molecular weight excluding hydrogens is 388 g/mol. The Bertz CT molecular complexity index is 739. The summed E-state index contributed by atoms with van der Waals surface area (Å²) in [6.07, 6.45) is 0. The molecule has 0 aliphatic rings. The number of carbonyl (C=O) groups is 2. The fourth-order valence-electron chi connectivity index (χ4n) is 1.59. The number of phenols is 1. The zero-order chi connectivity index (χ0) is 16.8. The average molecular weight is 400 g/mol. The van der Waals surface area contributed by atoms with Crippen molar-refractivity contribution in [3.63, 3.8) is 0 Å². The first-order chi connectivity index (χ1) is 11.0. The summed E-state index contributed by atoms with van der Waals surface area (Å²) < 4.78 is 6.10. The summed E-state index contributed by atoms with van der Waals surface area (Å²) in [5.74, 6) is -0.702. The van der Waals surface area contributed by atoms with E-state index in [2.05, 4.69) is 26.8 Å². The Morgan fingerprint density at radius 3 is 2.65 bits per heavy atom. The Balaban J connectivity index is 1.81. The molecule has 0 radical (unpaired) electrons. The van der Waals surface area contributed by atoms with E-state index in [0.717, 1.165) is 4.47 Å². The van der Waals surface area contributed by atoms with E-state index in [1.807, 2.05) is 6.07 Å². The predicted molar refractivity (Wildman–Crippen MR) is 88.4 cm³/mol. The summed E-state index contributed by atoms with van der Waals surface area (Å²) in [6, 6.07) is 11.0. The number of phenolic OH excluding ortho intramolecular Hbond substituents is 1. The maximum absolute atomic E-state index is 11.8. The highest BCUT2D eigenvalue weighted by molar-refractivity contribution is 9.10. The number of carbonyl (C=O) groups excluding carboxylic acids is 2. The second kappa shape index (κ2) is 7.85. The third kappa shape index (κ3) is 5.15. The molecule has 0 aromatic heterocycles. The SMILES string of the molecule is O=C(COc1cccc(Br)c1)NNC(=O)c1ccc(O)c(Cl)c1. The van der Waals surface area contributed by atoms with Gasteiger partial charge in [0.05, 0.1) is 5.02 Å². The molecule has 3 N–H and O–H groups in total. The highest BCUT2D eigenvalue weighted by Crippen LogP contribution is 2.23. The van der Waals surface area contributed by atoms with Gasteiger partial charge in [-0.2, -0.15) is 0 Å². The summed E-state index contributed by atoms with van der Waals surface area (Å²) >= 11 is 9.00. The second-order valence-corrected chi connectivity index (χ2v) is 5.74. The van der Waals surface area contributed by atoms with E-state index in [-0.39, 0.29) is 22.9 Å². The smallest absolute Gasteiger partial charge is 0.276 e. The number of amides is 2. The maximum atomic E-state index is 11.8. The number of hydrogen-bond acceptors (Lipinski definition) is 4. The minimum Gasteiger partial charge on any atom is -0.506 e. The summed E-state index contributed by atoms with van der Waals surface area (Å²) in [4.78, 5) is 23.4. The summed E-state index contributed by atoms with van der Waals surface area (Å²) in [5.41, 5.74) is 4.64. The Kier molecular flexibility index (Phi) is 5.84. The topological polar surface area (TPSA) is 87.7 Å². The number of hydrazine groups is 1. The molecule has 0 atom stereocenters. The van der Waals surface area contributed by atoms with Gasteiger partial charge < -0.3 is 9.84 Å². The predicted octanol–water partition coefficient (Wildman–Crippen LogP) is 2.65. The van der Waals surface area contributed by atoms with Crippen molar-refractivity contribution in [2.75, 3.05) is 6.61 Å². The van der Waals surface area contributed by atoms with Crippen LogP contribution in [0.5, 0.6) is 11.5 Å². The van der Waals surface area contributed by atoms with Crippen LogP contribution in [0.2, 0.25) is 5.02 Å². The highest BCUT2D eigenvalue weighted by atomic mass is 79.9. The van der Waals surface area contributed by atoms with Gasteiger partial charge in [0.25, 0.3) is 11.8 Å². The molecule has 6 nitrogen and oxygen atoms in total. The van der Waals surface area contributed by atoms with Crippen molar-refractivity contribution in [2.24, 2.45) is 0 Å². The van der Waals surface area contributed by atoms with Gasteiger partial charge >= 0.3 is 0 Å². The zero-order valence-electron chi connectivity index (χ0n) is 11.7. The first-order valence-corrected chi connectivity index (χ1v) is 7.59. The molecule has 120 valence electrons. The average Bonchev–Trinajstić information content (AvgIpc) is 2.53. The lowest BCUT2D eigenvalue weighted by Gasteiger charge is -2.09. The van der Waals surface area contributed by atoms with Crippen LogP contribution in [0, 0.1) is 0 Å². The Morgan fingerprint density at radius 2 is 1.96 bits per heavy atom. The molecule has 2 rings (SSSR count). The summed E-state index contributed by atoms with van der Waals surface area (Å²) in [5, 5.41) is 9.33. The van der Waals surface area contributed by atoms with Crippen LogP contribution in [0.15, 0.2) is 46.9 Å². The molecule has 8 heteroatoms. The Morgan fingerprint density at radius 1 is 1.17 bits per heavy atom. The van der Waals surface area contributed by atoms with E-state index in [1.165, 1.54) is 18.2 Å². The van der Waals surface area contributed by atoms with E-state index in [1.54, 1.807) is 18.2 Å². The Hall–Kier alpha value is -2.25. The van der Waals surface area contributed by atoms with Crippen LogP contribution in [0.3, 0.4) is 0 Å². The van der Waals surface area contributed by atoms with Crippen molar-refractivity contribution >= 4 is 39.3 Å². The summed E-state index contributed by atoms with van der Waals surface area (Å²) in [6.45, 7) is -0.257. The minimum absolute atomic E-state index is 0.0435. The van der Waals surface area contributed by atoms with Crippen LogP contribution in [0.1, 0.15) is 10.4 Å². The van der Waals surface area contributed by atoms with Gasteiger partial charge in [0.1, 0.15) is 11.5 Å². The van der Waals surface area contributed by atoms with Crippen LogP contribution in [0.4, 0.5) is 0 Å². The number of hydrogen-bond donors (Lipinski definition) is 3. The van der Waals surface area contributed by atoms with Crippen molar-refractivity contribution in [1.29, 1.82) is 0 Å². The number of aromatic hydroxyl groups is 1. The van der Waals surface area contributed by atoms with Crippen LogP contribution >= 0.6 is 27.5 Å². The maximum Gasteiger partial charge on any atom is 0.276 e. The lowest BCUT2D eigenvalue weighted by molar-refractivity contribution is -0.123. The fourth-order valence-corrected chi connectivity index (χ4v) is 2.15. The van der Waals surface area contributed by atoms with Gasteiger partial charge in [0.2, 0.25) is 0 Å². The van der Waals surface area contributed by atoms with Crippen LogP contribution in [0.25, 0.3) is 0 Å². The van der Waals surface area contributed by atoms with Crippen molar-refractivity contribution < 1.29 is 19.4 Å². The van der Waals surface area contributed by atoms with Gasteiger partial charge in [0, 0.05) is 10.0 Å². The molecule has 2 aromatic carbocycles. The van der Waals surface area contributed by atoms with Gasteiger partial charge in [-0.15, -0.1) is 0 Å². The van der Waals surface area contributed by atoms with Crippen LogP contribution in [-0.4, -0.2) is 23.5 Å². The second-order valence-electron chi connectivity index (χ2n) is 4.41. The van der Waals surface area contributed by atoms with Gasteiger partial charge in [0.15, 0.2) is 6.61 Å². The standard InChI is InChI=1S/C15H12BrClN2O4/c16-10-2-1-3-11(7-10)23-8-14(21)18-19-15(22)9-4-5-13(20)12(17)6-9/h1-7,20H,8H2,(H,18,21)(H,19,22). The zero-order valence-corrected chi connectivity index (χ0v) is 14.0. The largest absolute Gasteiger partial charge is 0.506 e. The molecular formula is C15H12BrClN2O4. The summed E-state index contributed by atoms with van der Waals surface area (Å²) in [7, 11) is 0. The molecule has 23 heavy (non-hydrogen) atoms. The third-order valence-electron chi connectivity index (χ3n) is 2.69. The van der Waals surface area contributed by atoms with E-state index in [0.29, 0.717) is 5.75 Å².